The molecule has 3 nitrogen and oxygen atoms in total. The van der Waals surface area contributed by atoms with Crippen LogP contribution in [0.4, 0.5) is 0 Å². The third-order valence-electron chi connectivity index (χ3n) is 3.94. The van der Waals surface area contributed by atoms with Crippen molar-refractivity contribution in [2.24, 2.45) is 0 Å². The first kappa shape index (κ1) is 14.5. The summed E-state index contributed by atoms with van der Waals surface area (Å²) in [4.78, 5) is 2.38. The molecule has 2 atom stereocenters. The van der Waals surface area contributed by atoms with Gasteiger partial charge in [-0.05, 0) is 38.8 Å². The molecule has 0 saturated carbocycles. The number of nitrogens with one attached hydrogen (secondary N) is 1. The summed E-state index contributed by atoms with van der Waals surface area (Å²) in [6.45, 7) is 7.28. The number of rotatable bonds is 6. The summed E-state index contributed by atoms with van der Waals surface area (Å²) in [5.74, 6) is 0. The van der Waals surface area contributed by atoms with E-state index in [-0.39, 0.29) is 0 Å². The summed E-state index contributed by atoms with van der Waals surface area (Å²) in [6.07, 6.45) is 2.13. The molecule has 1 aromatic rings. The number of benzene rings is 1. The molecule has 3 heteroatoms. The van der Waals surface area contributed by atoms with Crippen LogP contribution in [0.15, 0.2) is 30.3 Å². The summed E-state index contributed by atoms with van der Waals surface area (Å²) in [6, 6.07) is 11.0. The molecule has 2 N–H and O–H groups in total. The van der Waals surface area contributed by atoms with Crippen molar-refractivity contribution >= 4 is 0 Å². The Morgan fingerprint density at radius 2 is 2.05 bits per heavy atom. The Kier molecular flexibility index (Phi) is 5.37. The molecule has 1 saturated heterocycles. The smallest absolute Gasteiger partial charge is 0.0917 e. The number of hydrogen-bond donors (Lipinski definition) is 2. The van der Waals surface area contributed by atoms with Gasteiger partial charge in [0.1, 0.15) is 0 Å². The highest BCUT2D eigenvalue weighted by atomic mass is 16.3. The molecule has 106 valence electrons. The van der Waals surface area contributed by atoms with Crippen LogP contribution in [0.3, 0.4) is 0 Å². The van der Waals surface area contributed by atoms with E-state index in [0.29, 0.717) is 18.6 Å². The lowest BCUT2D eigenvalue weighted by molar-refractivity contribution is 0.0899. The SMILES string of the molecule is CC(C)N(CC1CCCN1)CC(O)c1ccccc1. The van der Waals surface area contributed by atoms with Crippen LogP contribution in [0.25, 0.3) is 0 Å². The topological polar surface area (TPSA) is 35.5 Å². The molecule has 1 fully saturated rings. The van der Waals surface area contributed by atoms with Gasteiger partial charge in [0, 0.05) is 25.2 Å². The van der Waals surface area contributed by atoms with Gasteiger partial charge in [0.15, 0.2) is 0 Å². The van der Waals surface area contributed by atoms with E-state index in [9.17, 15) is 5.11 Å². The maximum absolute atomic E-state index is 10.4. The number of aliphatic hydroxyl groups is 1. The normalized spacial score (nSPS) is 21.2. The second-order valence-corrected chi connectivity index (χ2v) is 5.77. The minimum absolute atomic E-state index is 0.398. The lowest BCUT2D eigenvalue weighted by atomic mass is 10.1. The molecule has 0 bridgehead atoms. The lowest BCUT2D eigenvalue weighted by Crippen LogP contribution is -2.43. The zero-order valence-corrected chi connectivity index (χ0v) is 12.0. The minimum Gasteiger partial charge on any atom is -0.387 e. The molecule has 1 aliphatic rings. The predicted octanol–water partition coefficient (Wildman–Crippen LogP) is 2.18. The van der Waals surface area contributed by atoms with Gasteiger partial charge in [0.05, 0.1) is 6.10 Å². The fraction of sp³-hybridized carbons (Fsp3) is 0.625. The van der Waals surface area contributed by atoms with Crippen molar-refractivity contribution in [1.82, 2.24) is 10.2 Å². The molecule has 0 spiro atoms. The van der Waals surface area contributed by atoms with Crippen molar-refractivity contribution in [3.05, 3.63) is 35.9 Å². The average Bonchev–Trinajstić information content (AvgIpc) is 2.91. The predicted molar refractivity (Wildman–Crippen MR) is 79.1 cm³/mol. The molecular formula is C16H26N2O. The van der Waals surface area contributed by atoms with Crippen molar-refractivity contribution in [1.29, 1.82) is 0 Å². The third kappa shape index (κ3) is 4.30. The standard InChI is InChI=1S/C16H26N2O/c1-13(2)18(11-15-9-6-10-17-15)12-16(19)14-7-4-3-5-8-14/h3-5,7-8,13,15-17,19H,6,9-12H2,1-2H3. The molecule has 2 rings (SSSR count). The number of hydrogen-bond acceptors (Lipinski definition) is 3. The summed E-state index contributed by atoms with van der Waals surface area (Å²) < 4.78 is 0. The van der Waals surface area contributed by atoms with Crippen molar-refractivity contribution in [2.45, 2.75) is 44.9 Å². The molecule has 0 amide bonds. The summed E-state index contributed by atoms with van der Waals surface area (Å²) in [5.41, 5.74) is 1.01. The minimum atomic E-state index is -0.398. The van der Waals surface area contributed by atoms with Gasteiger partial charge < -0.3 is 10.4 Å². The second kappa shape index (κ2) is 7.04. The van der Waals surface area contributed by atoms with Gasteiger partial charge in [-0.3, -0.25) is 4.90 Å². The van der Waals surface area contributed by atoms with Crippen molar-refractivity contribution < 1.29 is 5.11 Å². The lowest BCUT2D eigenvalue weighted by Gasteiger charge is -2.31. The van der Waals surface area contributed by atoms with Crippen LogP contribution in [0.5, 0.6) is 0 Å². The van der Waals surface area contributed by atoms with Crippen LogP contribution in [0.2, 0.25) is 0 Å². The highest BCUT2D eigenvalue weighted by molar-refractivity contribution is 5.17. The fourth-order valence-corrected chi connectivity index (χ4v) is 2.69. The van der Waals surface area contributed by atoms with E-state index in [1.807, 2.05) is 30.3 Å². The molecule has 1 aliphatic heterocycles. The van der Waals surface area contributed by atoms with Gasteiger partial charge in [0.25, 0.3) is 0 Å². The molecule has 0 aliphatic carbocycles. The molecule has 19 heavy (non-hydrogen) atoms. The van der Waals surface area contributed by atoms with Gasteiger partial charge in [-0.15, -0.1) is 0 Å². The number of aliphatic hydroxyl groups excluding tert-OH is 1. The van der Waals surface area contributed by atoms with Crippen LogP contribution in [0.1, 0.15) is 38.4 Å². The zero-order valence-electron chi connectivity index (χ0n) is 12.0. The van der Waals surface area contributed by atoms with Gasteiger partial charge in [-0.2, -0.15) is 0 Å². The Hall–Kier alpha value is -0.900. The highest BCUT2D eigenvalue weighted by Crippen LogP contribution is 2.17. The van der Waals surface area contributed by atoms with E-state index < -0.39 is 6.10 Å². The maximum Gasteiger partial charge on any atom is 0.0917 e. The molecule has 0 radical (unpaired) electrons. The molecule has 0 aromatic heterocycles. The van der Waals surface area contributed by atoms with Crippen LogP contribution in [-0.2, 0) is 0 Å². The van der Waals surface area contributed by atoms with E-state index in [4.69, 9.17) is 0 Å². The van der Waals surface area contributed by atoms with Crippen molar-refractivity contribution in [3.63, 3.8) is 0 Å². The molecule has 1 aromatic carbocycles. The van der Waals surface area contributed by atoms with E-state index >= 15 is 0 Å². The Morgan fingerprint density at radius 1 is 1.32 bits per heavy atom. The molecule has 2 unspecified atom stereocenters. The van der Waals surface area contributed by atoms with E-state index in [0.717, 1.165) is 18.7 Å². The van der Waals surface area contributed by atoms with E-state index in [1.54, 1.807) is 0 Å². The first-order valence-electron chi connectivity index (χ1n) is 7.37. The Bertz CT molecular complexity index is 360. The van der Waals surface area contributed by atoms with Crippen LogP contribution >= 0.6 is 0 Å². The van der Waals surface area contributed by atoms with Crippen LogP contribution in [-0.4, -0.2) is 41.7 Å². The van der Waals surface area contributed by atoms with Gasteiger partial charge in [0.2, 0.25) is 0 Å². The van der Waals surface area contributed by atoms with Crippen molar-refractivity contribution in [2.75, 3.05) is 19.6 Å². The first-order chi connectivity index (χ1) is 9.16. The fourth-order valence-electron chi connectivity index (χ4n) is 2.69. The quantitative estimate of drug-likeness (QED) is 0.825. The van der Waals surface area contributed by atoms with Gasteiger partial charge in [-0.25, -0.2) is 0 Å². The monoisotopic (exact) mass is 262 g/mol. The molecule has 1 heterocycles. The zero-order chi connectivity index (χ0) is 13.7. The Morgan fingerprint density at radius 3 is 2.63 bits per heavy atom. The summed E-state index contributed by atoms with van der Waals surface area (Å²) in [5, 5.41) is 13.9. The van der Waals surface area contributed by atoms with Gasteiger partial charge >= 0.3 is 0 Å². The van der Waals surface area contributed by atoms with Crippen LogP contribution in [0, 0.1) is 0 Å². The summed E-state index contributed by atoms with van der Waals surface area (Å²) in [7, 11) is 0. The average molecular weight is 262 g/mol. The van der Waals surface area contributed by atoms with E-state index in [1.165, 1.54) is 12.8 Å². The van der Waals surface area contributed by atoms with Crippen molar-refractivity contribution in [3.8, 4) is 0 Å². The van der Waals surface area contributed by atoms with Gasteiger partial charge in [-0.1, -0.05) is 30.3 Å². The van der Waals surface area contributed by atoms with Crippen LogP contribution < -0.4 is 5.32 Å². The highest BCUT2D eigenvalue weighted by Gasteiger charge is 2.22. The largest absolute Gasteiger partial charge is 0.387 e. The third-order valence-corrected chi connectivity index (χ3v) is 3.94. The maximum atomic E-state index is 10.4. The Balaban J connectivity index is 1.92. The first-order valence-corrected chi connectivity index (χ1v) is 7.37. The Labute approximate surface area is 116 Å². The second-order valence-electron chi connectivity index (χ2n) is 5.77. The summed E-state index contributed by atoms with van der Waals surface area (Å²) >= 11 is 0. The van der Waals surface area contributed by atoms with E-state index in [2.05, 4.69) is 24.1 Å². The number of nitrogens with zero attached hydrogens (tertiary/aromatic N) is 1. The molecular weight excluding hydrogens is 236 g/mol.